The fourth-order valence-corrected chi connectivity index (χ4v) is 19.3. The Bertz CT molecular complexity index is 6890. The highest BCUT2D eigenvalue weighted by atomic mass is 16.3. The average Bonchev–Trinajstić information content (AvgIpc) is 1.53. The molecule has 0 atom stereocenters. The normalized spacial score (nSPS) is 14.0. The van der Waals surface area contributed by atoms with E-state index < -0.39 is 5.41 Å². The quantitative estimate of drug-likeness (QED) is 0.129. The van der Waals surface area contributed by atoms with E-state index in [1.165, 1.54) is 111 Å². The van der Waals surface area contributed by atoms with Gasteiger partial charge in [-0.25, -0.2) is 0 Å². The first-order valence-electron chi connectivity index (χ1n) is 37.7. The monoisotopic (exact) mass is 1380 g/mol. The number of nitrogens with zero attached hydrogens (tertiary/aromatic N) is 4. The molecule has 0 unspecified atom stereocenters. The second kappa shape index (κ2) is 23.3. The van der Waals surface area contributed by atoms with Crippen molar-refractivity contribution in [1.82, 2.24) is 9.13 Å². The Hall–Kier alpha value is -13.5. The molecule has 3 aromatic heterocycles. The number of furan rings is 1. The van der Waals surface area contributed by atoms with Crippen molar-refractivity contribution in [2.75, 3.05) is 9.80 Å². The number of fused-ring (bicyclic) bond motifs is 18. The first-order chi connectivity index (χ1) is 53.1. The maximum absolute atomic E-state index is 6.73. The predicted octanol–water partition coefficient (Wildman–Crippen LogP) is 27.4. The Kier molecular flexibility index (Phi) is 13.3. The highest BCUT2D eigenvalue weighted by Gasteiger charge is 2.47. The highest BCUT2D eigenvalue weighted by molar-refractivity contribution is 6.14. The highest BCUT2D eigenvalue weighted by Crippen LogP contribution is 2.59. The molecule has 0 spiro atoms. The molecule has 3 aliphatic rings. The summed E-state index contributed by atoms with van der Waals surface area (Å²) in [5.41, 5.74) is 34.3. The van der Waals surface area contributed by atoms with Gasteiger partial charge in [0, 0.05) is 94.7 Å². The number of rotatable bonds is 11. The minimum absolute atomic E-state index is 0.178. The lowest BCUT2D eigenvalue weighted by Gasteiger charge is -2.35. The van der Waals surface area contributed by atoms with Crippen molar-refractivity contribution in [3.05, 3.63) is 408 Å². The van der Waals surface area contributed by atoms with E-state index in [1.54, 1.807) is 0 Å². The zero-order chi connectivity index (χ0) is 71.7. The van der Waals surface area contributed by atoms with Gasteiger partial charge in [-0.15, -0.1) is 0 Å². The summed E-state index contributed by atoms with van der Waals surface area (Å²) in [4.78, 5) is 4.95. The first-order valence-corrected chi connectivity index (χ1v) is 37.7. The van der Waals surface area contributed by atoms with Crippen LogP contribution in [0.15, 0.2) is 368 Å². The summed E-state index contributed by atoms with van der Waals surface area (Å²) >= 11 is 0. The van der Waals surface area contributed by atoms with Crippen molar-refractivity contribution in [3.63, 3.8) is 0 Å². The maximum atomic E-state index is 6.73. The van der Waals surface area contributed by atoms with Crippen LogP contribution < -0.4 is 9.80 Å². The van der Waals surface area contributed by atoms with Crippen LogP contribution in [-0.4, -0.2) is 9.13 Å². The van der Waals surface area contributed by atoms with Crippen molar-refractivity contribution in [2.24, 2.45) is 0 Å². The number of anilines is 6. The third-order valence-corrected chi connectivity index (χ3v) is 24.3. The van der Waals surface area contributed by atoms with Crippen molar-refractivity contribution in [2.45, 2.75) is 43.9 Å². The summed E-state index contributed by atoms with van der Waals surface area (Å²) in [7, 11) is 0. The Morgan fingerprint density at radius 2 is 0.602 bits per heavy atom. The fourth-order valence-electron chi connectivity index (χ4n) is 19.3. The van der Waals surface area contributed by atoms with Gasteiger partial charge in [-0.3, -0.25) is 0 Å². The largest absolute Gasteiger partial charge is 0.456 e. The molecule has 108 heavy (non-hydrogen) atoms. The van der Waals surface area contributed by atoms with E-state index in [0.29, 0.717) is 0 Å². The molecule has 3 aliphatic carbocycles. The molecule has 3 heterocycles. The van der Waals surface area contributed by atoms with Gasteiger partial charge in [0.05, 0.1) is 27.5 Å². The van der Waals surface area contributed by atoms with E-state index in [9.17, 15) is 0 Å². The van der Waals surface area contributed by atoms with E-state index in [2.05, 4.69) is 411 Å². The molecule has 510 valence electrons. The van der Waals surface area contributed by atoms with Gasteiger partial charge in [0.25, 0.3) is 0 Å². The van der Waals surface area contributed by atoms with Crippen molar-refractivity contribution in [3.8, 4) is 55.9 Å². The Morgan fingerprint density at radius 3 is 1.21 bits per heavy atom. The van der Waals surface area contributed by atoms with Gasteiger partial charge in [-0.05, 0) is 222 Å². The summed E-state index contributed by atoms with van der Waals surface area (Å²) in [6.07, 6.45) is 0. The first kappa shape index (κ1) is 61.9. The van der Waals surface area contributed by atoms with E-state index in [-0.39, 0.29) is 10.8 Å². The number of aromatic nitrogens is 2. The number of benzene rings is 16. The lowest BCUT2D eigenvalue weighted by atomic mass is 9.67. The van der Waals surface area contributed by atoms with Crippen LogP contribution >= 0.6 is 0 Å². The zero-order valence-corrected chi connectivity index (χ0v) is 60.3. The van der Waals surface area contributed by atoms with Crippen LogP contribution in [0.25, 0.3) is 121 Å². The molecule has 0 saturated heterocycles. The zero-order valence-electron chi connectivity index (χ0n) is 60.3. The topological polar surface area (TPSA) is 29.5 Å². The molecule has 0 N–H and O–H groups in total. The lowest BCUT2D eigenvalue weighted by molar-refractivity contribution is 0.660. The van der Waals surface area contributed by atoms with E-state index >= 15 is 0 Å². The standard InChI is InChI=1S/C103H72N4O/c1-101(2)89-37-21-17-33-77(89)80-51-43-73(61-92(80)101)104(71-47-55-96-87(59-71)83-35-19-23-39-95(83)106(96)69-29-13-7-14-30-69)74-44-52-81-79-49-41-65(57-91(79)102(3,4)93(81)62-74)66-42-50-84-88-60-72(48-56-97(88)107(98(84)58-66)70-31-15-8-16-32-70)105(76-46-54-86-85-36-20-24-40-99(85)108-100(86)64-76)75-45-53-82-78-34-18-22-38-90(78)103(94(82)63-75,67-25-9-5-10-26-67)68-27-11-6-12-28-68/h5-64H,1-4H3. The molecule has 22 rings (SSSR count). The van der Waals surface area contributed by atoms with Crippen LogP contribution in [-0.2, 0) is 16.2 Å². The van der Waals surface area contributed by atoms with Gasteiger partial charge in [-0.1, -0.05) is 252 Å². The second-order valence-electron chi connectivity index (χ2n) is 30.7. The van der Waals surface area contributed by atoms with E-state index in [1.807, 2.05) is 0 Å². The molecule has 5 nitrogen and oxygen atoms in total. The van der Waals surface area contributed by atoms with Crippen LogP contribution in [0, 0.1) is 0 Å². The molecular weight excluding hydrogens is 1310 g/mol. The van der Waals surface area contributed by atoms with Crippen LogP contribution in [0.2, 0.25) is 0 Å². The van der Waals surface area contributed by atoms with Crippen LogP contribution in [0.3, 0.4) is 0 Å². The third-order valence-electron chi connectivity index (χ3n) is 24.3. The summed E-state index contributed by atoms with van der Waals surface area (Å²) in [5, 5.41) is 6.97. The molecular formula is C103H72N4O. The Morgan fingerprint density at radius 1 is 0.231 bits per heavy atom. The molecule has 5 heteroatoms. The summed E-state index contributed by atoms with van der Waals surface area (Å²) < 4.78 is 11.6. The minimum Gasteiger partial charge on any atom is -0.456 e. The van der Waals surface area contributed by atoms with Gasteiger partial charge in [0.1, 0.15) is 11.2 Å². The van der Waals surface area contributed by atoms with E-state index in [4.69, 9.17) is 4.42 Å². The van der Waals surface area contributed by atoms with Gasteiger partial charge in [-0.2, -0.15) is 0 Å². The van der Waals surface area contributed by atoms with Crippen LogP contribution in [0.5, 0.6) is 0 Å². The van der Waals surface area contributed by atoms with Crippen LogP contribution in [0.1, 0.15) is 72.2 Å². The second-order valence-corrected chi connectivity index (χ2v) is 30.7. The summed E-state index contributed by atoms with van der Waals surface area (Å²) in [6.45, 7) is 9.61. The van der Waals surface area contributed by atoms with Crippen LogP contribution in [0.4, 0.5) is 34.1 Å². The van der Waals surface area contributed by atoms with Crippen molar-refractivity contribution >= 4 is 99.7 Å². The maximum Gasteiger partial charge on any atom is 0.137 e. The lowest BCUT2D eigenvalue weighted by Crippen LogP contribution is -2.28. The van der Waals surface area contributed by atoms with Gasteiger partial charge < -0.3 is 23.4 Å². The smallest absolute Gasteiger partial charge is 0.137 e. The SMILES string of the molecule is CC1(C)c2ccccc2-c2ccc(N(c3ccc4c(c3)C(C)(C)c3cc(-c5ccc6c7cc(N(c8ccc9c(c8)C(c8ccccc8)(c8ccccc8)c8ccccc8-9)c8ccc9c(c8)oc8ccccc89)ccc7n(-c7ccccc7)c6c5)ccc3-4)c3ccc4c(c3)c3ccccc3n4-c3ccccc3)cc21. The Balaban J connectivity index is 0.676. The summed E-state index contributed by atoms with van der Waals surface area (Å²) in [5.74, 6) is 0. The van der Waals surface area contributed by atoms with Crippen molar-refractivity contribution in [1.29, 1.82) is 0 Å². The van der Waals surface area contributed by atoms with Gasteiger partial charge in [0.2, 0.25) is 0 Å². The molecule has 0 radical (unpaired) electrons. The molecule has 0 aliphatic heterocycles. The number of para-hydroxylation sites is 4. The molecule has 19 aromatic rings. The molecule has 0 saturated carbocycles. The summed E-state index contributed by atoms with van der Waals surface area (Å²) in [6, 6.07) is 136. The van der Waals surface area contributed by atoms with Gasteiger partial charge >= 0.3 is 0 Å². The van der Waals surface area contributed by atoms with Gasteiger partial charge in [0.15, 0.2) is 0 Å². The molecule has 0 amide bonds. The third kappa shape index (κ3) is 8.93. The molecule has 16 aromatic carbocycles. The van der Waals surface area contributed by atoms with Crippen molar-refractivity contribution < 1.29 is 4.42 Å². The molecule has 0 bridgehead atoms. The van der Waals surface area contributed by atoms with E-state index in [0.717, 1.165) is 89.4 Å². The minimum atomic E-state index is -0.589. The predicted molar refractivity (Wildman–Crippen MR) is 450 cm³/mol. The Labute approximate surface area is 627 Å². The number of hydrogen-bond donors (Lipinski definition) is 0. The fraction of sp³-hybridized carbons (Fsp3) is 0.0680. The number of hydrogen-bond acceptors (Lipinski definition) is 3. The molecule has 0 fully saturated rings. The average molecular weight is 1380 g/mol.